The van der Waals surface area contributed by atoms with Gasteiger partial charge in [-0.2, -0.15) is 15.0 Å². The van der Waals surface area contributed by atoms with E-state index >= 15 is 0 Å². The lowest BCUT2D eigenvalue weighted by Crippen LogP contribution is -2.29. The summed E-state index contributed by atoms with van der Waals surface area (Å²) in [6.45, 7) is 3.18. The Hall–Kier alpha value is -2.18. The number of nitrogen functional groups attached to an aromatic ring is 1. The fourth-order valence-corrected chi connectivity index (χ4v) is 2.83. The molecule has 0 spiro atoms. The smallest absolute Gasteiger partial charge is 0.241 e. The van der Waals surface area contributed by atoms with E-state index in [0.29, 0.717) is 17.3 Å². The number of rotatable bonds is 4. The van der Waals surface area contributed by atoms with Crippen LogP contribution in [0, 0.1) is 5.41 Å². The molecule has 0 unspecified atom stereocenters. The Morgan fingerprint density at radius 1 is 1.24 bits per heavy atom. The maximum absolute atomic E-state index is 5.77. The van der Waals surface area contributed by atoms with E-state index in [0.717, 1.165) is 6.54 Å². The predicted molar refractivity (Wildman–Crippen MR) is 81.0 cm³/mol. The van der Waals surface area contributed by atoms with Gasteiger partial charge in [0, 0.05) is 18.9 Å². The van der Waals surface area contributed by atoms with Crippen LogP contribution in [0.3, 0.4) is 0 Å². The van der Waals surface area contributed by atoms with Gasteiger partial charge in [0.25, 0.3) is 0 Å². The number of nitrogens with zero attached hydrogens (tertiary/aromatic N) is 5. The summed E-state index contributed by atoms with van der Waals surface area (Å²) in [6, 6.07) is 0. The fourth-order valence-electron chi connectivity index (χ4n) is 2.83. The lowest BCUT2D eigenvalue weighted by Gasteiger charge is -2.33. The Labute approximate surface area is 124 Å². The third-order valence-electron chi connectivity index (χ3n) is 4.11. The van der Waals surface area contributed by atoms with Gasteiger partial charge in [0.05, 0.1) is 0 Å². The summed E-state index contributed by atoms with van der Waals surface area (Å²) in [6.07, 6.45) is 11.5. The molecule has 1 aliphatic rings. The van der Waals surface area contributed by atoms with Gasteiger partial charge in [0.15, 0.2) is 0 Å². The highest BCUT2D eigenvalue weighted by atomic mass is 15.3. The summed E-state index contributed by atoms with van der Waals surface area (Å²) in [7, 11) is 0. The minimum Gasteiger partial charge on any atom is -0.368 e. The highest BCUT2D eigenvalue weighted by Gasteiger charge is 2.26. The predicted octanol–water partition coefficient (Wildman–Crippen LogP) is 2.02. The molecule has 0 aliphatic heterocycles. The first kappa shape index (κ1) is 13.8. The first-order valence-corrected chi connectivity index (χ1v) is 7.38. The standard InChI is InChI=1S/C14H21N7/c1-14(5-3-2-4-6-14)9-17-12-18-11(15)19-13(20-12)21-8-7-16-10-21/h7-8,10H,2-6,9H2,1H3,(H3,15,17,18,19,20). The molecule has 0 atom stereocenters. The minimum atomic E-state index is 0.213. The van der Waals surface area contributed by atoms with Crippen LogP contribution in [0.4, 0.5) is 11.9 Å². The lowest BCUT2D eigenvalue weighted by atomic mass is 9.76. The molecule has 3 N–H and O–H groups in total. The Bertz CT molecular complexity index is 587. The second kappa shape index (κ2) is 5.67. The fraction of sp³-hybridized carbons (Fsp3) is 0.571. The van der Waals surface area contributed by atoms with Crippen LogP contribution in [0.5, 0.6) is 0 Å². The molecule has 112 valence electrons. The van der Waals surface area contributed by atoms with Crippen molar-refractivity contribution in [2.75, 3.05) is 17.6 Å². The van der Waals surface area contributed by atoms with Crippen LogP contribution in [0.15, 0.2) is 18.7 Å². The highest BCUT2D eigenvalue weighted by Crippen LogP contribution is 2.35. The molecule has 1 fully saturated rings. The van der Waals surface area contributed by atoms with Crippen LogP contribution < -0.4 is 11.1 Å². The van der Waals surface area contributed by atoms with Gasteiger partial charge in [-0.15, -0.1) is 0 Å². The van der Waals surface area contributed by atoms with Crippen molar-refractivity contribution < 1.29 is 0 Å². The summed E-state index contributed by atoms with van der Waals surface area (Å²) in [5.41, 5.74) is 6.09. The van der Waals surface area contributed by atoms with Gasteiger partial charge in [0.1, 0.15) is 6.33 Å². The minimum absolute atomic E-state index is 0.213. The topological polar surface area (TPSA) is 94.5 Å². The van der Waals surface area contributed by atoms with Crippen molar-refractivity contribution in [3.63, 3.8) is 0 Å². The molecule has 1 aliphatic carbocycles. The van der Waals surface area contributed by atoms with Gasteiger partial charge in [-0.3, -0.25) is 4.57 Å². The van der Waals surface area contributed by atoms with E-state index in [1.54, 1.807) is 23.3 Å². The Morgan fingerprint density at radius 2 is 2.05 bits per heavy atom. The summed E-state index contributed by atoms with van der Waals surface area (Å²) in [5, 5.41) is 3.32. The zero-order valence-corrected chi connectivity index (χ0v) is 12.3. The number of nitrogens with one attached hydrogen (secondary N) is 1. The Balaban J connectivity index is 1.73. The number of anilines is 2. The van der Waals surface area contributed by atoms with E-state index in [2.05, 4.69) is 32.2 Å². The van der Waals surface area contributed by atoms with Crippen molar-refractivity contribution in [1.82, 2.24) is 24.5 Å². The molecule has 7 heteroatoms. The monoisotopic (exact) mass is 287 g/mol. The molecule has 1 saturated carbocycles. The summed E-state index contributed by atoms with van der Waals surface area (Å²) >= 11 is 0. The average molecular weight is 287 g/mol. The number of imidazole rings is 1. The molecule has 7 nitrogen and oxygen atoms in total. The molecule has 3 rings (SSSR count). The Morgan fingerprint density at radius 3 is 2.76 bits per heavy atom. The van der Waals surface area contributed by atoms with Crippen molar-refractivity contribution in [2.24, 2.45) is 5.41 Å². The van der Waals surface area contributed by atoms with Crippen LogP contribution in [0.1, 0.15) is 39.0 Å². The van der Waals surface area contributed by atoms with Gasteiger partial charge < -0.3 is 11.1 Å². The Kier molecular flexibility index (Phi) is 3.72. The SMILES string of the molecule is CC1(CNc2nc(N)nc(-n3ccnc3)n2)CCCCC1. The maximum Gasteiger partial charge on any atom is 0.241 e. The van der Waals surface area contributed by atoms with Crippen LogP contribution in [0.25, 0.3) is 5.95 Å². The van der Waals surface area contributed by atoms with E-state index in [1.165, 1.54) is 32.1 Å². The van der Waals surface area contributed by atoms with Crippen LogP contribution in [-0.2, 0) is 0 Å². The van der Waals surface area contributed by atoms with E-state index in [9.17, 15) is 0 Å². The van der Waals surface area contributed by atoms with Crippen LogP contribution in [0.2, 0.25) is 0 Å². The first-order chi connectivity index (χ1) is 10.1. The van der Waals surface area contributed by atoms with Gasteiger partial charge in [-0.1, -0.05) is 26.2 Å². The lowest BCUT2D eigenvalue weighted by molar-refractivity contribution is 0.233. The summed E-state index contributed by atoms with van der Waals surface area (Å²) in [4.78, 5) is 16.7. The molecule has 0 bridgehead atoms. The average Bonchev–Trinajstić information content (AvgIpc) is 3.00. The summed E-state index contributed by atoms with van der Waals surface area (Å²) < 4.78 is 1.71. The molecule has 2 aromatic heterocycles. The second-order valence-electron chi connectivity index (χ2n) is 6.01. The zero-order valence-electron chi connectivity index (χ0n) is 12.3. The van der Waals surface area contributed by atoms with Crippen molar-refractivity contribution in [3.8, 4) is 5.95 Å². The number of nitrogens with two attached hydrogens (primary N) is 1. The quantitative estimate of drug-likeness (QED) is 0.893. The van der Waals surface area contributed by atoms with Crippen LogP contribution in [-0.4, -0.2) is 31.0 Å². The second-order valence-corrected chi connectivity index (χ2v) is 6.01. The van der Waals surface area contributed by atoms with Gasteiger partial charge in [-0.25, -0.2) is 4.98 Å². The van der Waals surface area contributed by atoms with E-state index in [4.69, 9.17) is 5.73 Å². The molecule has 2 heterocycles. The van der Waals surface area contributed by atoms with Crippen molar-refractivity contribution in [3.05, 3.63) is 18.7 Å². The third-order valence-corrected chi connectivity index (χ3v) is 4.11. The van der Waals surface area contributed by atoms with Gasteiger partial charge in [-0.05, 0) is 18.3 Å². The normalized spacial score (nSPS) is 17.6. The molecule has 21 heavy (non-hydrogen) atoms. The number of hydrogen-bond donors (Lipinski definition) is 2. The number of hydrogen-bond acceptors (Lipinski definition) is 6. The van der Waals surface area contributed by atoms with E-state index in [-0.39, 0.29) is 5.95 Å². The van der Waals surface area contributed by atoms with Crippen molar-refractivity contribution >= 4 is 11.9 Å². The van der Waals surface area contributed by atoms with Crippen molar-refractivity contribution in [1.29, 1.82) is 0 Å². The van der Waals surface area contributed by atoms with Crippen molar-refractivity contribution in [2.45, 2.75) is 39.0 Å². The molecule has 0 radical (unpaired) electrons. The van der Waals surface area contributed by atoms with E-state index in [1.807, 2.05) is 0 Å². The first-order valence-electron chi connectivity index (χ1n) is 7.38. The third kappa shape index (κ3) is 3.29. The number of aromatic nitrogens is 5. The van der Waals surface area contributed by atoms with E-state index < -0.39 is 0 Å². The maximum atomic E-state index is 5.77. The molecule has 2 aromatic rings. The molecule has 0 aromatic carbocycles. The summed E-state index contributed by atoms with van der Waals surface area (Å²) in [5.74, 6) is 1.22. The molecule has 0 amide bonds. The van der Waals surface area contributed by atoms with Gasteiger partial charge >= 0.3 is 0 Å². The molecular formula is C14H21N7. The zero-order chi connectivity index (χ0) is 14.7. The molecule has 0 saturated heterocycles. The van der Waals surface area contributed by atoms with Crippen LogP contribution >= 0.6 is 0 Å². The van der Waals surface area contributed by atoms with Gasteiger partial charge in [0.2, 0.25) is 17.8 Å². The highest BCUT2D eigenvalue weighted by molar-refractivity contribution is 5.35. The molecular weight excluding hydrogens is 266 g/mol. The largest absolute Gasteiger partial charge is 0.368 e.